The number of morpholine rings is 1. The van der Waals surface area contributed by atoms with Crippen LogP contribution in [0.25, 0.3) is 5.69 Å². The molecule has 7 nitrogen and oxygen atoms in total. The summed E-state index contributed by atoms with van der Waals surface area (Å²) in [6.07, 6.45) is -5.12. The van der Waals surface area contributed by atoms with E-state index in [0.29, 0.717) is 11.3 Å². The van der Waals surface area contributed by atoms with Gasteiger partial charge < -0.3 is 9.64 Å². The summed E-state index contributed by atoms with van der Waals surface area (Å²) in [6, 6.07) is 6.65. The second-order valence-electron chi connectivity index (χ2n) is 5.33. The molecule has 0 spiro atoms. The van der Waals surface area contributed by atoms with Crippen LogP contribution in [0.1, 0.15) is 16.8 Å². The van der Waals surface area contributed by atoms with Crippen molar-refractivity contribution >= 4 is 5.91 Å². The number of hydrogen-bond donors (Lipinski definition) is 0. The first kappa shape index (κ1) is 16.4. The van der Waals surface area contributed by atoms with E-state index in [1.54, 1.807) is 24.3 Å². The number of benzene rings is 1. The molecule has 0 saturated carbocycles. The fourth-order valence-corrected chi connectivity index (χ4v) is 2.58. The number of hydrogen-bond acceptors (Lipinski definition) is 5. The maximum Gasteiger partial charge on any atom is 0.391 e. The van der Waals surface area contributed by atoms with E-state index in [0.717, 1.165) is 0 Å². The second-order valence-corrected chi connectivity index (χ2v) is 5.33. The Morgan fingerprint density at radius 3 is 2.83 bits per heavy atom. The van der Waals surface area contributed by atoms with Crippen molar-refractivity contribution in [2.45, 2.75) is 18.7 Å². The Hall–Kier alpha value is -2.49. The van der Waals surface area contributed by atoms with Crippen molar-refractivity contribution in [3.05, 3.63) is 36.2 Å². The SMILES string of the molecule is O=C(c1ccccc1-n1cnnn1)N1CCOC(CC(F)(F)F)C1. The zero-order chi connectivity index (χ0) is 17.2. The van der Waals surface area contributed by atoms with Gasteiger partial charge in [0.2, 0.25) is 0 Å². The van der Waals surface area contributed by atoms with Crippen LogP contribution >= 0.6 is 0 Å². The largest absolute Gasteiger partial charge is 0.391 e. The van der Waals surface area contributed by atoms with Gasteiger partial charge >= 0.3 is 6.18 Å². The van der Waals surface area contributed by atoms with Crippen molar-refractivity contribution in [1.29, 1.82) is 0 Å². The Morgan fingerprint density at radius 2 is 2.12 bits per heavy atom. The summed E-state index contributed by atoms with van der Waals surface area (Å²) in [5.41, 5.74) is 0.781. The lowest BCUT2D eigenvalue weighted by atomic mass is 10.1. The smallest absolute Gasteiger partial charge is 0.374 e. The summed E-state index contributed by atoms with van der Waals surface area (Å²) in [6.45, 7) is 0.193. The molecule has 1 unspecified atom stereocenters. The molecule has 2 heterocycles. The number of nitrogens with zero attached hydrogens (tertiary/aromatic N) is 5. The normalized spacial score (nSPS) is 18.6. The van der Waals surface area contributed by atoms with Crippen LogP contribution in [-0.4, -0.2) is 63.0 Å². The number of alkyl halides is 3. The summed E-state index contributed by atoms with van der Waals surface area (Å²) in [5.74, 6) is -0.378. The standard InChI is InChI=1S/C14H14F3N5O2/c15-14(16,17)7-10-8-21(5-6-24-10)13(23)11-3-1-2-4-12(11)22-9-18-19-20-22/h1-4,9-10H,5-8H2. The highest BCUT2D eigenvalue weighted by atomic mass is 19.4. The summed E-state index contributed by atoms with van der Waals surface area (Å²) in [5, 5.41) is 10.8. The third-order valence-electron chi connectivity index (χ3n) is 3.62. The second kappa shape index (κ2) is 6.56. The molecule has 0 aliphatic carbocycles. The molecule has 1 aromatic heterocycles. The van der Waals surface area contributed by atoms with Crippen LogP contribution in [0.2, 0.25) is 0 Å². The van der Waals surface area contributed by atoms with Crippen LogP contribution in [0.5, 0.6) is 0 Å². The predicted octanol–water partition coefficient (Wildman–Crippen LogP) is 1.46. The lowest BCUT2D eigenvalue weighted by molar-refractivity contribution is -0.168. The molecule has 2 aromatic rings. The average molecular weight is 341 g/mol. The third-order valence-corrected chi connectivity index (χ3v) is 3.62. The fraction of sp³-hybridized carbons (Fsp3) is 0.429. The first-order valence-corrected chi connectivity index (χ1v) is 7.24. The molecular formula is C14H14F3N5O2. The Kier molecular flexibility index (Phi) is 4.47. The lowest BCUT2D eigenvalue weighted by Crippen LogP contribution is -2.47. The van der Waals surface area contributed by atoms with E-state index in [9.17, 15) is 18.0 Å². The summed E-state index contributed by atoms with van der Waals surface area (Å²) >= 11 is 0. The van der Waals surface area contributed by atoms with Crippen molar-refractivity contribution < 1.29 is 22.7 Å². The summed E-state index contributed by atoms with van der Waals surface area (Å²) in [7, 11) is 0. The van der Waals surface area contributed by atoms with Crippen LogP contribution in [0, 0.1) is 0 Å². The fourth-order valence-electron chi connectivity index (χ4n) is 2.58. The van der Waals surface area contributed by atoms with Gasteiger partial charge in [0.25, 0.3) is 5.91 Å². The molecule has 1 aromatic carbocycles. The van der Waals surface area contributed by atoms with Gasteiger partial charge in [-0.1, -0.05) is 12.1 Å². The molecule has 128 valence electrons. The third kappa shape index (κ3) is 3.70. The van der Waals surface area contributed by atoms with E-state index in [1.165, 1.54) is 15.9 Å². The molecule has 1 saturated heterocycles. The van der Waals surface area contributed by atoms with Crippen LogP contribution < -0.4 is 0 Å². The van der Waals surface area contributed by atoms with E-state index in [2.05, 4.69) is 15.5 Å². The van der Waals surface area contributed by atoms with Gasteiger partial charge in [-0.3, -0.25) is 4.79 Å². The number of aromatic nitrogens is 4. The van der Waals surface area contributed by atoms with Gasteiger partial charge in [-0.25, -0.2) is 0 Å². The van der Waals surface area contributed by atoms with Crippen LogP contribution in [0.15, 0.2) is 30.6 Å². The topological polar surface area (TPSA) is 73.1 Å². The highest BCUT2D eigenvalue weighted by molar-refractivity contribution is 5.97. The van der Waals surface area contributed by atoms with Crippen molar-refractivity contribution in [1.82, 2.24) is 25.1 Å². The van der Waals surface area contributed by atoms with Crippen molar-refractivity contribution in [3.8, 4) is 5.69 Å². The summed E-state index contributed by atoms with van der Waals surface area (Å²) < 4.78 is 44.1. The van der Waals surface area contributed by atoms with Gasteiger partial charge in [0.1, 0.15) is 6.33 Å². The first-order chi connectivity index (χ1) is 11.4. The number of tetrazole rings is 1. The molecule has 1 amide bonds. The van der Waals surface area contributed by atoms with Gasteiger partial charge in [-0.05, 0) is 22.6 Å². The number of rotatable bonds is 3. The van der Waals surface area contributed by atoms with Gasteiger partial charge in [-0.2, -0.15) is 17.9 Å². The molecule has 0 N–H and O–H groups in total. The monoisotopic (exact) mass is 341 g/mol. The van der Waals surface area contributed by atoms with Gasteiger partial charge in [0, 0.05) is 13.1 Å². The molecule has 1 aliphatic rings. The van der Waals surface area contributed by atoms with Crippen molar-refractivity contribution in [2.75, 3.05) is 19.7 Å². The molecule has 1 aliphatic heterocycles. The van der Waals surface area contributed by atoms with E-state index in [-0.39, 0.29) is 25.6 Å². The van der Waals surface area contributed by atoms with Crippen molar-refractivity contribution in [3.63, 3.8) is 0 Å². The number of carbonyl (C=O) groups is 1. The van der Waals surface area contributed by atoms with Crippen molar-refractivity contribution in [2.24, 2.45) is 0 Å². The maximum absolute atomic E-state index is 12.7. The first-order valence-electron chi connectivity index (χ1n) is 7.24. The van der Waals surface area contributed by atoms with E-state index in [4.69, 9.17) is 4.74 Å². The highest BCUT2D eigenvalue weighted by Gasteiger charge is 2.36. The van der Waals surface area contributed by atoms with E-state index < -0.39 is 18.7 Å². The highest BCUT2D eigenvalue weighted by Crippen LogP contribution is 2.25. The zero-order valence-corrected chi connectivity index (χ0v) is 12.5. The number of amides is 1. The van der Waals surface area contributed by atoms with Crippen LogP contribution in [-0.2, 0) is 4.74 Å². The van der Waals surface area contributed by atoms with Gasteiger partial charge in [-0.15, -0.1) is 5.10 Å². The molecule has 1 fully saturated rings. The molecule has 10 heteroatoms. The Labute approximate surface area is 135 Å². The molecular weight excluding hydrogens is 327 g/mol. The molecule has 0 radical (unpaired) electrons. The van der Waals surface area contributed by atoms with E-state index >= 15 is 0 Å². The molecule has 0 bridgehead atoms. The Morgan fingerprint density at radius 1 is 1.33 bits per heavy atom. The Balaban J connectivity index is 1.80. The predicted molar refractivity (Wildman–Crippen MR) is 75.5 cm³/mol. The molecule has 24 heavy (non-hydrogen) atoms. The minimum Gasteiger partial charge on any atom is -0.374 e. The molecule has 3 rings (SSSR count). The van der Waals surface area contributed by atoms with Crippen LogP contribution in [0.4, 0.5) is 13.2 Å². The maximum atomic E-state index is 12.7. The van der Waals surface area contributed by atoms with Gasteiger partial charge in [0.15, 0.2) is 0 Å². The summed E-state index contributed by atoms with van der Waals surface area (Å²) in [4.78, 5) is 14.1. The number of carbonyl (C=O) groups excluding carboxylic acids is 1. The number of para-hydroxylation sites is 1. The minimum absolute atomic E-state index is 0.0690. The van der Waals surface area contributed by atoms with Gasteiger partial charge in [0.05, 0.1) is 30.4 Å². The Bertz CT molecular complexity index is 705. The number of ether oxygens (including phenoxy) is 1. The van der Waals surface area contributed by atoms with E-state index in [1.807, 2.05) is 0 Å². The minimum atomic E-state index is -4.33. The average Bonchev–Trinajstić information content (AvgIpc) is 3.07. The lowest BCUT2D eigenvalue weighted by Gasteiger charge is -2.33. The molecule has 1 atom stereocenters. The van der Waals surface area contributed by atoms with Crippen LogP contribution in [0.3, 0.4) is 0 Å². The quantitative estimate of drug-likeness (QED) is 0.845. The zero-order valence-electron chi connectivity index (χ0n) is 12.5. The number of halogens is 3.